The van der Waals surface area contributed by atoms with E-state index < -0.39 is 0 Å². The van der Waals surface area contributed by atoms with Gasteiger partial charge in [-0.25, -0.2) is 0 Å². The Morgan fingerprint density at radius 3 is 2.00 bits per heavy atom. The molecule has 0 bridgehead atoms. The third-order valence-corrected chi connectivity index (χ3v) is 6.22. The Morgan fingerprint density at radius 1 is 0.621 bits per heavy atom. The van der Waals surface area contributed by atoms with Crippen LogP contribution in [-0.2, 0) is 6.42 Å². The van der Waals surface area contributed by atoms with Crippen LogP contribution in [0, 0.1) is 6.92 Å². The molecule has 142 valence electrons. The van der Waals surface area contributed by atoms with Gasteiger partial charge in [0.15, 0.2) is 0 Å². The van der Waals surface area contributed by atoms with Crippen molar-refractivity contribution in [2.75, 3.05) is 0 Å². The van der Waals surface area contributed by atoms with E-state index in [1.54, 1.807) is 0 Å². The first-order chi connectivity index (χ1) is 14.1. The molecule has 0 saturated heterocycles. The van der Waals surface area contributed by atoms with Gasteiger partial charge >= 0.3 is 0 Å². The number of hydrogen-bond donors (Lipinski definition) is 0. The van der Waals surface area contributed by atoms with Crippen molar-refractivity contribution < 1.29 is 0 Å². The number of aryl methyl sites for hydroxylation is 1. The molecule has 0 aromatic heterocycles. The van der Waals surface area contributed by atoms with Gasteiger partial charge in [0, 0.05) is 0 Å². The molecule has 0 heterocycles. The van der Waals surface area contributed by atoms with Crippen molar-refractivity contribution in [2.45, 2.75) is 33.1 Å². The van der Waals surface area contributed by atoms with E-state index in [2.05, 4.69) is 106 Å². The third kappa shape index (κ3) is 3.09. The maximum absolute atomic E-state index is 2.32. The van der Waals surface area contributed by atoms with Gasteiger partial charge in [-0.1, -0.05) is 104 Å². The number of rotatable bonds is 3. The highest BCUT2D eigenvalue weighted by Gasteiger charge is 2.24. The van der Waals surface area contributed by atoms with Gasteiger partial charge in [-0.15, -0.1) is 0 Å². The third-order valence-electron chi connectivity index (χ3n) is 6.22. The maximum Gasteiger partial charge on any atom is -0.000706 e. The summed E-state index contributed by atoms with van der Waals surface area (Å²) >= 11 is 0. The second-order valence-corrected chi connectivity index (χ2v) is 8.49. The molecule has 0 N–H and O–H groups in total. The standard InChI is InChI=1S/C29H26/c1-19(2)21-12-14-23(15-13-21)29-26(22-10-8-20(3)9-11-22)16-17-27-25-7-5-4-6-24(25)18-28(27)29/h4-17,19H,18H2,1-3H3. The van der Waals surface area contributed by atoms with Gasteiger partial charge < -0.3 is 0 Å². The van der Waals surface area contributed by atoms with E-state index in [4.69, 9.17) is 0 Å². The van der Waals surface area contributed by atoms with E-state index in [9.17, 15) is 0 Å². The lowest BCUT2D eigenvalue weighted by Crippen LogP contribution is -1.94. The second kappa shape index (κ2) is 7.04. The van der Waals surface area contributed by atoms with Crippen LogP contribution in [0.25, 0.3) is 33.4 Å². The van der Waals surface area contributed by atoms with Gasteiger partial charge in [0.05, 0.1) is 0 Å². The summed E-state index contributed by atoms with van der Waals surface area (Å²) in [4.78, 5) is 0. The fourth-order valence-corrected chi connectivity index (χ4v) is 4.55. The minimum atomic E-state index is 0.548. The van der Waals surface area contributed by atoms with E-state index in [1.165, 1.54) is 55.6 Å². The summed E-state index contributed by atoms with van der Waals surface area (Å²) in [7, 11) is 0. The van der Waals surface area contributed by atoms with Crippen LogP contribution in [0.4, 0.5) is 0 Å². The Kier molecular flexibility index (Phi) is 4.36. The van der Waals surface area contributed by atoms with Crippen LogP contribution in [0.1, 0.15) is 42.0 Å². The van der Waals surface area contributed by atoms with Gasteiger partial charge in [-0.2, -0.15) is 0 Å². The number of hydrogen-bond acceptors (Lipinski definition) is 0. The predicted octanol–water partition coefficient (Wildman–Crippen LogP) is 8.02. The molecular formula is C29H26. The lowest BCUT2D eigenvalue weighted by Gasteiger charge is -2.17. The van der Waals surface area contributed by atoms with E-state index in [1.807, 2.05) is 0 Å². The van der Waals surface area contributed by atoms with Crippen LogP contribution in [-0.4, -0.2) is 0 Å². The maximum atomic E-state index is 2.32. The molecule has 0 spiro atoms. The van der Waals surface area contributed by atoms with Gasteiger partial charge in [0.2, 0.25) is 0 Å². The topological polar surface area (TPSA) is 0 Å². The molecule has 0 amide bonds. The van der Waals surface area contributed by atoms with Crippen LogP contribution in [0.15, 0.2) is 84.9 Å². The quantitative estimate of drug-likeness (QED) is 0.300. The summed E-state index contributed by atoms with van der Waals surface area (Å²) in [6, 6.07) is 31.6. The summed E-state index contributed by atoms with van der Waals surface area (Å²) in [6.45, 7) is 6.65. The fraction of sp³-hybridized carbons (Fsp3) is 0.172. The molecule has 0 unspecified atom stereocenters. The summed E-state index contributed by atoms with van der Waals surface area (Å²) < 4.78 is 0. The molecule has 4 aromatic carbocycles. The molecule has 1 aliphatic carbocycles. The van der Waals surface area contributed by atoms with Gasteiger partial charge in [0.25, 0.3) is 0 Å². The second-order valence-electron chi connectivity index (χ2n) is 8.49. The summed E-state index contributed by atoms with van der Waals surface area (Å²) in [5.41, 5.74) is 13.7. The molecule has 0 fully saturated rings. The van der Waals surface area contributed by atoms with Crippen LogP contribution in [0.2, 0.25) is 0 Å². The first-order valence-corrected chi connectivity index (χ1v) is 10.5. The normalized spacial score (nSPS) is 12.1. The predicted molar refractivity (Wildman–Crippen MR) is 124 cm³/mol. The Bertz CT molecular complexity index is 1180. The Balaban J connectivity index is 1.74. The van der Waals surface area contributed by atoms with Crippen LogP contribution >= 0.6 is 0 Å². The highest BCUT2D eigenvalue weighted by molar-refractivity contribution is 5.93. The van der Waals surface area contributed by atoms with E-state index in [0.717, 1.165) is 6.42 Å². The van der Waals surface area contributed by atoms with Crippen LogP contribution in [0.3, 0.4) is 0 Å². The zero-order chi connectivity index (χ0) is 20.0. The average molecular weight is 375 g/mol. The molecule has 0 aliphatic heterocycles. The molecule has 5 rings (SSSR count). The zero-order valence-electron chi connectivity index (χ0n) is 17.4. The summed E-state index contributed by atoms with van der Waals surface area (Å²) in [5.74, 6) is 0.548. The molecule has 1 aliphatic rings. The van der Waals surface area contributed by atoms with E-state index >= 15 is 0 Å². The van der Waals surface area contributed by atoms with Crippen molar-refractivity contribution in [3.05, 3.63) is 107 Å². The van der Waals surface area contributed by atoms with Gasteiger partial charge in [-0.3, -0.25) is 0 Å². The van der Waals surface area contributed by atoms with Crippen molar-refractivity contribution in [2.24, 2.45) is 0 Å². The molecule has 0 saturated carbocycles. The highest BCUT2D eigenvalue weighted by Crippen LogP contribution is 2.46. The SMILES string of the molecule is Cc1ccc(-c2ccc3c(c2-c2ccc(C(C)C)cc2)Cc2ccccc2-3)cc1. The van der Waals surface area contributed by atoms with Crippen molar-refractivity contribution >= 4 is 0 Å². The Morgan fingerprint density at radius 2 is 1.28 bits per heavy atom. The summed E-state index contributed by atoms with van der Waals surface area (Å²) in [5, 5.41) is 0. The number of fused-ring (bicyclic) bond motifs is 3. The largest absolute Gasteiger partial charge is 0.0619 e. The molecule has 0 heteroatoms. The number of benzene rings is 4. The van der Waals surface area contributed by atoms with Crippen molar-refractivity contribution in [3.8, 4) is 33.4 Å². The molecule has 0 nitrogen and oxygen atoms in total. The molecule has 4 aromatic rings. The van der Waals surface area contributed by atoms with Crippen molar-refractivity contribution in [1.82, 2.24) is 0 Å². The monoisotopic (exact) mass is 374 g/mol. The lowest BCUT2D eigenvalue weighted by atomic mass is 9.87. The molecular weight excluding hydrogens is 348 g/mol. The minimum Gasteiger partial charge on any atom is -0.0619 e. The molecule has 29 heavy (non-hydrogen) atoms. The first-order valence-electron chi connectivity index (χ1n) is 10.5. The highest BCUT2D eigenvalue weighted by atomic mass is 14.3. The van der Waals surface area contributed by atoms with Crippen molar-refractivity contribution in [3.63, 3.8) is 0 Å². The smallest absolute Gasteiger partial charge is 0.000706 e. The zero-order valence-corrected chi connectivity index (χ0v) is 17.4. The van der Waals surface area contributed by atoms with E-state index in [0.29, 0.717) is 5.92 Å². The van der Waals surface area contributed by atoms with Gasteiger partial charge in [0.1, 0.15) is 0 Å². The van der Waals surface area contributed by atoms with Crippen LogP contribution in [0.5, 0.6) is 0 Å². The Hall–Kier alpha value is -3.12. The summed E-state index contributed by atoms with van der Waals surface area (Å²) in [6.07, 6.45) is 1.01. The minimum absolute atomic E-state index is 0.548. The molecule has 0 radical (unpaired) electrons. The fourth-order valence-electron chi connectivity index (χ4n) is 4.55. The lowest BCUT2D eigenvalue weighted by molar-refractivity contribution is 0.867. The van der Waals surface area contributed by atoms with Gasteiger partial charge in [-0.05, 0) is 69.3 Å². The Labute approximate surface area is 173 Å². The first kappa shape index (κ1) is 17.9. The van der Waals surface area contributed by atoms with Crippen LogP contribution < -0.4 is 0 Å². The average Bonchev–Trinajstić information content (AvgIpc) is 3.12. The van der Waals surface area contributed by atoms with Crippen molar-refractivity contribution in [1.29, 1.82) is 0 Å². The molecule has 0 atom stereocenters. The van der Waals surface area contributed by atoms with E-state index in [-0.39, 0.29) is 0 Å².